The number of likely N-dealkylation sites (tertiary alicyclic amines) is 1. The van der Waals surface area contributed by atoms with E-state index in [2.05, 4.69) is 31.0 Å². The first-order valence-corrected chi connectivity index (χ1v) is 7.63. The van der Waals surface area contributed by atoms with Crippen molar-refractivity contribution in [3.05, 3.63) is 0 Å². The van der Waals surface area contributed by atoms with E-state index in [9.17, 15) is 4.79 Å². The third-order valence-electron chi connectivity index (χ3n) is 4.16. The highest BCUT2D eigenvalue weighted by molar-refractivity contribution is 5.76. The molecule has 0 aromatic rings. The largest absolute Gasteiger partial charge is 0.465 e. The van der Waals surface area contributed by atoms with Crippen molar-refractivity contribution in [2.45, 2.75) is 53.1 Å². The highest BCUT2D eigenvalue weighted by Crippen LogP contribution is 2.26. The third-order valence-corrected chi connectivity index (χ3v) is 4.16. The van der Waals surface area contributed by atoms with E-state index in [0.717, 1.165) is 19.6 Å². The Hall–Kier alpha value is -0.610. The summed E-state index contributed by atoms with van der Waals surface area (Å²) in [5.41, 5.74) is 0. The van der Waals surface area contributed by atoms with Crippen molar-refractivity contribution in [2.75, 3.05) is 26.2 Å². The van der Waals surface area contributed by atoms with E-state index in [1.54, 1.807) is 0 Å². The molecule has 1 rings (SSSR count). The minimum atomic E-state index is -0.204. The van der Waals surface area contributed by atoms with Gasteiger partial charge in [0.1, 0.15) is 6.04 Å². The molecule has 1 saturated heterocycles. The van der Waals surface area contributed by atoms with Gasteiger partial charge in [-0.1, -0.05) is 20.8 Å². The first-order chi connectivity index (χ1) is 8.99. The van der Waals surface area contributed by atoms with E-state index in [1.807, 2.05) is 13.8 Å². The Kier molecular flexibility index (Phi) is 6.80. The Morgan fingerprint density at radius 3 is 2.63 bits per heavy atom. The molecule has 0 radical (unpaired) electrons. The van der Waals surface area contributed by atoms with Gasteiger partial charge in [0.15, 0.2) is 0 Å². The molecule has 1 N–H and O–H groups in total. The van der Waals surface area contributed by atoms with Crippen LogP contribution in [0.15, 0.2) is 0 Å². The zero-order valence-corrected chi connectivity index (χ0v) is 13.1. The molecular formula is C15H30N2O2. The van der Waals surface area contributed by atoms with E-state index >= 15 is 0 Å². The van der Waals surface area contributed by atoms with Crippen LogP contribution in [0.25, 0.3) is 0 Å². The summed E-state index contributed by atoms with van der Waals surface area (Å²) in [5.74, 6) is 1.27. The van der Waals surface area contributed by atoms with Crippen LogP contribution in [0.4, 0.5) is 0 Å². The lowest BCUT2D eigenvalue weighted by Gasteiger charge is -2.42. The highest BCUT2D eigenvalue weighted by Gasteiger charge is 2.32. The molecule has 4 heteroatoms. The molecule has 1 heterocycles. The lowest BCUT2D eigenvalue weighted by molar-refractivity contribution is -0.146. The summed E-state index contributed by atoms with van der Waals surface area (Å²) in [6.45, 7) is 13.8. The number of carbonyl (C=O) groups excluding carboxylic acids is 1. The molecule has 4 unspecified atom stereocenters. The van der Waals surface area contributed by atoms with Gasteiger partial charge < -0.3 is 10.1 Å². The number of hydrogen-bond donors (Lipinski definition) is 1. The number of carbonyl (C=O) groups is 1. The quantitative estimate of drug-likeness (QED) is 0.749. The van der Waals surface area contributed by atoms with Crippen molar-refractivity contribution in [1.29, 1.82) is 0 Å². The lowest BCUT2D eigenvalue weighted by atomic mass is 9.86. The Balaban J connectivity index is 2.63. The van der Waals surface area contributed by atoms with Crippen molar-refractivity contribution in [1.82, 2.24) is 10.2 Å². The van der Waals surface area contributed by atoms with Gasteiger partial charge in [0.05, 0.1) is 6.61 Å². The van der Waals surface area contributed by atoms with E-state index in [0.29, 0.717) is 24.5 Å². The van der Waals surface area contributed by atoms with Crippen molar-refractivity contribution < 1.29 is 9.53 Å². The zero-order valence-electron chi connectivity index (χ0n) is 13.1. The molecule has 1 aliphatic heterocycles. The molecule has 0 saturated carbocycles. The SMILES string of the molecule is CCNC(CN1CC(C)CC(C)C1C)C(=O)OCC. The Morgan fingerprint density at radius 1 is 1.37 bits per heavy atom. The normalized spacial score (nSPS) is 30.1. The van der Waals surface area contributed by atoms with E-state index < -0.39 is 0 Å². The molecule has 0 bridgehead atoms. The first-order valence-electron chi connectivity index (χ1n) is 7.63. The predicted molar refractivity (Wildman–Crippen MR) is 78.1 cm³/mol. The number of likely N-dealkylation sites (N-methyl/N-ethyl adjacent to an activating group) is 1. The molecule has 0 amide bonds. The van der Waals surface area contributed by atoms with Crippen LogP contribution >= 0.6 is 0 Å². The van der Waals surface area contributed by atoms with Crippen molar-refractivity contribution >= 4 is 5.97 Å². The fraction of sp³-hybridized carbons (Fsp3) is 0.933. The van der Waals surface area contributed by atoms with E-state index in [4.69, 9.17) is 4.74 Å². The van der Waals surface area contributed by atoms with Gasteiger partial charge in [0, 0.05) is 19.1 Å². The topological polar surface area (TPSA) is 41.6 Å². The summed E-state index contributed by atoms with van der Waals surface area (Å²) in [6.07, 6.45) is 1.28. The van der Waals surface area contributed by atoms with Crippen LogP contribution in [-0.4, -0.2) is 49.2 Å². The highest BCUT2D eigenvalue weighted by atomic mass is 16.5. The number of piperidine rings is 1. The molecule has 1 aliphatic rings. The average molecular weight is 270 g/mol. The summed E-state index contributed by atoms with van der Waals surface area (Å²) >= 11 is 0. The van der Waals surface area contributed by atoms with Crippen LogP contribution in [0.5, 0.6) is 0 Å². The summed E-state index contributed by atoms with van der Waals surface area (Å²) in [6, 6.07) is 0.330. The van der Waals surface area contributed by atoms with Crippen LogP contribution in [0.1, 0.15) is 41.0 Å². The number of nitrogens with one attached hydrogen (secondary N) is 1. The van der Waals surface area contributed by atoms with Crippen LogP contribution in [0, 0.1) is 11.8 Å². The number of hydrogen-bond acceptors (Lipinski definition) is 4. The zero-order chi connectivity index (χ0) is 14.4. The second kappa shape index (κ2) is 7.85. The summed E-state index contributed by atoms with van der Waals surface area (Å²) in [7, 11) is 0. The van der Waals surface area contributed by atoms with Crippen LogP contribution < -0.4 is 5.32 Å². The maximum absolute atomic E-state index is 12.0. The van der Waals surface area contributed by atoms with Crippen molar-refractivity contribution in [3.63, 3.8) is 0 Å². The maximum atomic E-state index is 12.0. The summed E-state index contributed by atoms with van der Waals surface area (Å²) < 4.78 is 5.16. The fourth-order valence-electron chi connectivity index (χ4n) is 3.02. The van der Waals surface area contributed by atoms with Gasteiger partial charge >= 0.3 is 5.97 Å². The molecule has 19 heavy (non-hydrogen) atoms. The second-order valence-corrected chi connectivity index (χ2v) is 5.87. The van der Waals surface area contributed by atoms with E-state index in [-0.39, 0.29) is 12.0 Å². The van der Waals surface area contributed by atoms with Gasteiger partial charge in [0.2, 0.25) is 0 Å². The lowest BCUT2D eigenvalue weighted by Crippen LogP contribution is -2.53. The van der Waals surface area contributed by atoms with Crippen molar-refractivity contribution in [2.24, 2.45) is 11.8 Å². The minimum absolute atomic E-state index is 0.123. The molecule has 0 spiro atoms. The van der Waals surface area contributed by atoms with Gasteiger partial charge in [-0.05, 0) is 38.6 Å². The average Bonchev–Trinajstić information content (AvgIpc) is 2.35. The summed E-state index contributed by atoms with van der Waals surface area (Å²) in [4.78, 5) is 14.4. The smallest absolute Gasteiger partial charge is 0.324 e. The van der Waals surface area contributed by atoms with Crippen LogP contribution in [0.3, 0.4) is 0 Å². The molecule has 4 nitrogen and oxygen atoms in total. The van der Waals surface area contributed by atoms with Gasteiger partial charge in [-0.3, -0.25) is 9.69 Å². The number of nitrogens with zero attached hydrogens (tertiary/aromatic N) is 1. The maximum Gasteiger partial charge on any atom is 0.324 e. The molecule has 0 aliphatic carbocycles. The van der Waals surface area contributed by atoms with Gasteiger partial charge in [0.25, 0.3) is 0 Å². The Bertz CT molecular complexity index is 283. The predicted octanol–water partition coefficient (Wildman–Crippen LogP) is 1.89. The van der Waals surface area contributed by atoms with Crippen LogP contribution in [-0.2, 0) is 9.53 Å². The standard InChI is InChI=1S/C15H30N2O2/c1-6-16-14(15(18)19-7-2)10-17-9-11(3)8-12(4)13(17)5/h11-14,16H,6-10H2,1-5H3. The second-order valence-electron chi connectivity index (χ2n) is 5.87. The number of ether oxygens (including phenoxy) is 1. The monoisotopic (exact) mass is 270 g/mol. The third kappa shape index (κ3) is 4.77. The van der Waals surface area contributed by atoms with Crippen LogP contribution in [0.2, 0.25) is 0 Å². The Morgan fingerprint density at radius 2 is 2.05 bits per heavy atom. The molecule has 1 fully saturated rings. The Labute approximate surface area is 117 Å². The van der Waals surface area contributed by atoms with Gasteiger partial charge in [-0.2, -0.15) is 0 Å². The fourth-order valence-corrected chi connectivity index (χ4v) is 3.02. The first kappa shape index (κ1) is 16.4. The van der Waals surface area contributed by atoms with Crippen molar-refractivity contribution in [3.8, 4) is 0 Å². The minimum Gasteiger partial charge on any atom is -0.465 e. The summed E-state index contributed by atoms with van der Waals surface area (Å²) in [5, 5.41) is 3.25. The van der Waals surface area contributed by atoms with Gasteiger partial charge in [-0.15, -0.1) is 0 Å². The molecule has 0 aromatic heterocycles. The van der Waals surface area contributed by atoms with E-state index in [1.165, 1.54) is 6.42 Å². The molecule has 112 valence electrons. The molecule has 0 aromatic carbocycles. The van der Waals surface area contributed by atoms with Gasteiger partial charge in [-0.25, -0.2) is 0 Å². The molecule has 4 atom stereocenters. The molecular weight excluding hydrogens is 240 g/mol. The number of esters is 1. The number of rotatable bonds is 6.